The zero-order chi connectivity index (χ0) is 25.1. The molecular formula is C23H36N4O6. The van der Waals surface area contributed by atoms with Crippen molar-refractivity contribution in [3.05, 3.63) is 29.8 Å². The van der Waals surface area contributed by atoms with Gasteiger partial charge in [-0.15, -0.1) is 0 Å². The summed E-state index contributed by atoms with van der Waals surface area (Å²) in [6.07, 6.45) is 0.911. The van der Waals surface area contributed by atoms with E-state index < -0.39 is 41.8 Å². The Hall–Kier alpha value is -3.14. The van der Waals surface area contributed by atoms with Gasteiger partial charge in [0.25, 0.3) is 0 Å². The van der Waals surface area contributed by atoms with Crippen molar-refractivity contribution in [3.8, 4) is 5.75 Å². The number of amides is 3. The molecule has 10 nitrogen and oxygen atoms in total. The van der Waals surface area contributed by atoms with E-state index in [0.717, 1.165) is 0 Å². The molecule has 0 aliphatic carbocycles. The van der Waals surface area contributed by atoms with E-state index in [-0.39, 0.29) is 37.0 Å². The Morgan fingerprint density at radius 2 is 1.55 bits per heavy atom. The number of carbonyl (C=O) groups excluding carboxylic acids is 3. The first-order chi connectivity index (χ1) is 15.5. The van der Waals surface area contributed by atoms with E-state index in [0.29, 0.717) is 12.0 Å². The van der Waals surface area contributed by atoms with Gasteiger partial charge in [0.15, 0.2) is 0 Å². The molecular weight excluding hydrogens is 428 g/mol. The number of carboxylic acid groups (broad SMARTS) is 1. The third-order valence-electron chi connectivity index (χ3n) is 5.33. The van der Waals surface area contributed by atoms with E-state index in [1.165, 1.54) is 12.1 Å². The quantitative estimate of drug-likeness (QED) is 0.247. The van der Waals surface area contributed by atoms with E-state index in [9.17, 15) is 29.4 Å². The van der Waals surface area contributed by atoms with Crippen LogP contribution in [-0.2, 0) is 25.6 Å². The second-order valence-corrected chi connectivity index (χ2v) is 8.60. The Labute approximate surface area is 194 Å². The largest absolute Gasteiger partial charge is 0.508 e. The molecule has 10 heteroatoms. The number of phenolic OH excluding ortho intramolecular Hbond substituents is 1. The summed E-state index contributed by atoms with van der Waals surface area (Å²) < 4.78 is 0. The lowest BCUT2D eigenvalue weighted by Crippen LogP contribution is -2.58. The summed E-state index contributed by atoms with van der Waals surface area (Å²) in [5.74, 6) is -3.06. The summed E-state index contributed by atoms with van der Waals surface area (Å²) >= 11 is 0. The van der Waals surface area contributed by atoms with Gasteiger partial charge in [-0.3, -0.25) is 14.4 Å². The van der Waals surface area contributed by atoms with Gasteiger partial charge in [-0.2, -0.15) is 0 Å². The van der Waals surface area contributed by atoms with E-state index in [1.54, 1.807) is 19.1 Å². The average Bonchev–Trinajstić information content (AvgIpc) is 2.76. The summed E-state index contributed by atoms with van der Waals surface area (Å²) in [5.41, 5.74) is 6.06. The number of aromatic hydroxyl groups is 1. The third-order valence-corrected chi connectivity index (χ3v) is 5.33. The predicted molar refractivity (Wildman–Crippen MR) is 123 cm³/mol. The molecule has 0 aliphatic rings. The topological polar surface area (TPSA) is 171 Å². The summed E-state index contributed by atoms with van der Waals surface area (Å²) in [7, 11) is 0. The number of nitrogens with one attached hydrogen (secondary N) is 3. The summed E-state index contributed by atoms with van der Waals surface area (Å²) in [6, 6.07) is 3.07. The lowest BCUT2D eigenvalue weighted by Gasteiger charge is -2.28. The van der Waals surface area contributed by atoms with Crippen LogP contribution in [0.25, 0.3) is 0 Å². The Kier molecular flexibility index (Phi) is 11.3. The van der Waals surface area contributed by atoms with Crippen LogP contribution in [-0.4, -0.2) is 58.6 Å². The minimum absolute atomic E-state index is 0.0456. The Morgan fingerprint density at radius 1 is 0.939 bits per heavy atom. The highest BCUT2D eigenvalue weighted by molar-refractivity contribution is 5.93. The number of hydrogen-bond acceptors (Lipinski definition) is 6. The number of rotatable bonds is 13. The van der Waals surface area contributed by atoms with Crippen LogP contribution in [0.1, 0.15) is 46.1 Å². The number of carbonyl (C=O) groups is 4. The second kappa shape index (κ2) is 13.4. The Bertz CT molecular complexity index is 812. The fraction of sp³-hybridized carbons (Fsp3) is 0.565. The van der Waals surface area contributed by atoms with Crippen LogP contribution in [0.15, 0.2) is 24.3 Å². The van der Waals surface area contributed by atoms with E-state index >= 15 is 0 Å². The first-order valence-corrected chi connectivity index (χ1v) is 11.1. The predicted octanol–water partition coefficient (Wildman–Crippen LogP) is 0.525. The SMILES string of the molecule is CCC(C)C(NC(=O)C(Cc1ccc(O)cc1)NC(=O)CN)C(=O)NC(CC(C)C)C(=O)O. The maximum Gasteiger partial charge on any atom is 0.326 e. The standard InChI is InChI=1S/C23H36N4O6/c1-5-14(4)20(22(31)26-18(23(32)33)10-13(2)3)27-21(30)17(25-19(29)12-24)11-15-6-8-16(28)9-7-15/h6-9,13-14,17-18,20,28H,5,10-12,24H2,1-4H3,(H,25,29)(H,26,31)(H,27,30)(H,32,33). The molecule has 4 atom stereocenters. The van der Waals surface area contributed by atoms with Crippen LogP contribution in [0.5, 0.6) is 5.75 Å². The molecule has 1 aromatic carbocycles. The van der Waals surface area contributed by atoms with Crippen molar-refractivity contribution in [1.82, 2.24) is 16.0 Å². The number of phenols is 1. The molecule has 0 saturated heterocycles. The maximum absolute atomic E-state index is 13.1. The van der Waals surface area contributed by atoms with Crippen molar-refractivity contribution >= 4 is 23.7 Å². The molecule has 0 aromatic heterocycles. The highest BCUT2D eigenvalue weighted by Crippen LogP contribution is 2.14. The highest BCUT2D eigenvalue weighted by Gasteiger charge is 2.32. The molecule has 0 saturated carbocycles. The van der Waals surface area contributed by atoms with Gasteiger partial charge in [-0.25, -0.2) is 4.79 Å². The fourth-order valence-electron chi connectivity index (χ4n) is 3.24. The molecule has 33 heavy (non-hydrogen) atoms. The van der Waals surface area contributed by atoms with Gasteiger partial charge in [-0.05, 0) is 36.0 Å². The van der Waals surface area contributed by atoms with Gasteiger partial charge in [0.05, 0.1) is 6.54 Å². The summed E-state index contributed by atoms with van der Waals surface area (Å²) in [6.45, 7) is 7.01. The first kappa shape index (κ1) is 27.9. The van der Waals surface area contributed by atoms with Crippen LogP contribution in [0.4, 0.5) is 0 Å². The number of benzene rings is 1. The number of aliphatic carboxylic acids is 1. The highest BCUT2D eigenvalue weighted by atomic mass is 16.4. The van der Waals surface area contributed by atoms with Gasteiger partial charge in [-0.1, -0.05) is 46.2 Å². The number of hydrogen-bond donors (Lipinski definition) is 6. The Balaban J connectivity index is 3.06. The molecule has 7 N–H and O–H groups in total. The molecule has 0 fully saturated rings. The molecule has 1 aromatic rings. The van der Waals surface area contributed by atoms with Gasteiger partial charge in [0.2, 0.25) is 17.7 Å². The van der Waals surface area contributed by atoms with Gasteiger partial charge >= 0.3 is 5.97 Å². The summed E-state index contributed by atoms with van der Waals surface area (Å²) in [4.78, 5) is 49.5. The van der Waals surface area contributed by atoms with Gasteiger partial charge < -0.3 is 31.9 Å². The summed E-state index contributed by atoms with van der Waals surface area (Å²) in [5, 5.41) is 26.7. The van der Waals surface area contributed by atoms with Crippen LogP contribution in [0.3, 0.4) is 0 Å². The van der Waals surface area contributed by atoms with Crippen molar-refractivity contribution in [3.63, 3.8) is 0 Å². The molecule has 0 bridgehead atoms. The van der Waals surface area contributed by atoms with Crippen LogP contribution >= 0.6 is 0 Å². The second-order valence-electron chi connectivity index (χ2n) is 8.60. The Morgan fingerprint density at radius 3 is 2.03 bits per heavy atom. The third kappa shape index (κ3) is 9.48. The molecule has 1 rings (SSSR count). The van der Waals surface area contributed by atoms with Crippen LogP contribution in [0, 0.1) is 11.8 Å². The van der Waals surface area contributed by atoms with E-state index in [2.05, 4.69) is 16.0 Å². The molecule has 4 unspecified atom stereocenters. The zero-order valence-corrected chi connectivity index (χ0v) is 19.6. The van der Waals surface area contributed by atoms with Crippen LogP contribution < -0.4 is 21.7 Å². The van der Waals surface area contributed by atoms with Crippen molar-refractivity contribution in [2.75, 3.05) is 6.54 Å². The van der Waals surface area contributed by atoms with Crippen molar-refractivity contribution in [2.24, 2.45) is 17.6 Å². The van der Waals surface area contributed by atoms with E-state index in [4.69, 9.17) is 5.73 Å². The number of carboxylic acids is 1. The molecule has 3 amide bonds. The lowest BCUT2D eigenvalue weighted by molar-refractivity contribution is -0.143. The average molecular weight is 465 g/mol. The van der Waals surface area contributed by atoms with Crippen molar-refractivity contribution in [1.29, 1.82) is 0 Å². The minimum atomic E-state index is -1.15. The van der Waals surface area contributed by atoms with Crippen LogP contribution in [0.2, 0.25) is 0 Å². The lowest BCUT2D eigenvalue weighted by atomic mass is 9.96. The van der Waals surface area contributed by atoms with Crippen molar-refractivity contribution in [2.45, 2.75) is 65.1 Å². The molecule has 0 heterocycles. The fourth-order valence-corrected chi connectivity index (χ4v) is 3.24. The molecule has 0 radical (unpaired) electrons. The monoisotopic (exact) mass is 464 g/mol. The first-order valence-electron chi connectivity index (χ1n) is 11.1. The van der Waals surface area contributed by atoms with Gasteiger partial charge in [0, 0.05) is 6.42 Å². The minimum Gasteiger partial charge on any atom is -0.508 e. The number of nitrogens with two attached hydrogens (primary N) is 1. The normalized spacial score (nSPS) is 14.6. The zero-order valence-electron chi connectivity index (χ0n) is 19.6. The smallest absolute Gasteiger partial charge is 0.326 e. The molecule has 184 valence electrons. The van der Waals surface area contributed by atoms with E-state index in [1.807, 2.05) is 20.8 Å². The molecule has 0 aliphatic heterocycles. The van der Waals surface area contributed by atoms with Gasteiger partial charge in [0.1, 0.15) is 23.9 Å². The maximum atomic E-state index is 13.1. The molecule has 0 spiro atoms. The van der Waals surface area contributed by atoms with Crippen molar-refractivity contribution < 1.29 is 29.4 Å².